The fourth-order valence-corrected chi connectivity index (χ4v) is 8.96. The lowest BCUT2D eigenvalue weighted by Gasteiger charge is -2.60. The standard InChI is InChI=1S/C27H35N3O5/c1-14-29-27(22(33)13-34-15(2)31)23(35-14)9-19-18-7-6-17-8-20-16(12-28-30(20)5)10-25(17,3)24(18)21(32)11-26(19,27)4/h8,12,18-19,21,23-24,32H,6-7,9-11,13H2,1-5H3/t18-,19-,21-,23+,24+,25-,26-,27+/m0/s1. The Labute approximate surface area is 205 Å². The summed E-state index contributed by atoms with van der Waals surface area (Å²) < 4.78 is 13.2. The Kier molecular flexibility index (Phi) is 4.77. The number of hydrogen-bond acceptors (Lipinski definition) is 7. The predicted molar refractivity (Wildman–Crippen MR) is 128 cm³/mol. The van der Waals surface area contributed by atoms with Crippen LogP contribution in [-0.2, 0) is 32.5 Å². The number of ether oxygens (including phenoxy) is 2. The Hall–Kier alpha value is -2.48. The number of esters is 1. The first-order chi connectivity index (χ1) is 16.5. The fraction of sp³-hybridized carbons (Fsp3) is 0.704. The largest absolute Gasteiger partial charge is 0.475 e. The van der Waals surface area contributed by atoms with Crippen LogP contribution in [0.1, 0.15) is 64.6 Å². The number of carbonyl (C=O) groups is 2. The van der Waals surface area contributed by atoms with Crippen LogP contribution in [0.3, 0.4) is 0 Å². The SMILES string of the molecule is CC(=O)OCC(=O)[C@@]12N=C(C)O[C@@H]1C[C@H]1[C@@H]3CCC4=Cc5c(cnn5C)C[C@]4(C)[C@H]3[C@@H](O)C[C@@]12C. The van der Waals surface area contributed by atoms with Crippen molar-refractivity contribution in [3.05, 3.63) is 23.0 Å². The molecule has 0 amide bonds. The molecule has 8 atom stereocenters. The van der Waals surface area contributed by atoms with Gasteiger partial charge in [0, 0.05) is 26.3 Å². The fourth-order valence-electron chi connectivity index (χ4n) is 8.96. The number of aliphatic hydroxyl groups excluding tert-OH is 1. The third-order valence-corrected chi connectivity index (χ3v) is 10.3. The van der Waals surface area contributed by atoms with Crippen molar-refractivity contribution in [2.45, 2.75) is 77.5 Å². The number of Topliss-reactive ketones (excluding diaryl/α,β-unsaturated/α-hetero) is 1. The van der Waals surface area contributed by atoms with Gasteiger partial charge < -0.3 is 14.6 Å². The predicted octanol–water partition coefficient (Wildman–Crippen LogP) is 2.87. The van der Waals surface area contributed by atoms with Gasteiger partial charge in [0.25, 0.3) is 0 Å². The monoisotopic (exact) mass is 481 g/mol. The highest BCUT2D eigenvalue weighted by Crippen LogP contribution is 2.69. The summed E-state index contributed by atoms with van der Waals surface area (Å²) >= 11 is 0. The van der Waals surface area contributed by atoms with E-state index in [4.69, 9.17) is 14.5 Å². The van der Waals surface area contributed by atoms with Gasteiger partial charge in [0.1, 0.15) is 6.10 Å². The van der Waals surface area contributed by atoms with Gasteiger partial charge >= 0.3 is 5.97 Å². The third kappa shape index (κ3) is 2.83. The van der Waals surface area contributed by atoms with Crippen LogP contribution in [0.4, 0.5) is 0 Å². The number of fused-ring (bicyclic) bond motifs is 8. The topological polar surface area (TPSA) is 103 Å². The number of aromatic nitrogens is 2. The van der Waals surface area contributed by atoms with Gasteiger partial charge in [-0.05, 0) is 66.9 Å². The summed E-state index contributed by atoms with van der Waals surface area (Å²) in [6.07, 6.45) is 7.34. The van der Waals surface area contributed by atoms with Crippen molar-refractivity contribution in [1.29, 1.82) is 0 Å². The van der Waals surface area contributed by atoms with Gasteiger partial charge in [0.05, 0.1) is 18.0 Å². The van der Waals surface area contributed by atoms with Crippen LogP contribution in [0.25, 0.3) is 6.08 Å². The lowest BCUT2D eigenvalue weighted by atomic mass is 9.45. The molecule has 4 aliphatic carbocycles. The van der Waals surface area contributed by atoms with Gasteiger partial charge in [-0.15, -0.1) is 0 Å². The molecule has 3 saturated carbocycles. The average molecular weight is 482 g/mol. The van der Waals surface area contributed by atoms with E-state index < -0.39 is 23.0 Å². The number of nitrogens with zero attached hydrogens (tertiary/aromatic N) is 3. The molecule has 8 nitrogen and oxygen atoms in total. The number of rotatable bonds is 3. The number of aryl methyl sites for hydroxylation is 1. The van der Waals surface area contributed by atoms with Crippen LogP contribution in [0, 0.1) is 28.6 Å². The van der Waals surface area contributed by atoms with E-state index in [0.29, 0.717) is 12.3 Å². The molecule has 0 bridgehead atoms. The minimum absolute atomic E-state index is 0.0958. The zero-order valence-corrected chi connectivity index (χ0v) is 21.2. The van der Waals surface area contributed by atoms with Crippen molar-refractivity contribution >= 4 is 23.7 Å². The van der Waals surface area contributed by atoms with Gasteiger partial charge in [-0.2, -0.15) is 5.10 Å². The van der Waals surface area contributed by atoms with Crippen molar-refractivity contribution in [3.8, 4) is 0 Å². The molecule has 0 unspecified atom stereocenters. The van der Waals surface area contributed by atoms with E-state index in [9.17, 15) is 14.7 Å². The molecule has 0 saturated heterocycles. The molecule has 3 fully saturated rings. The number of ketones is 1. The number of allylic oxidation sites excluding steroid dienone is 1. The zero-order valence-electron chi connectivity index (χ0n) is 21.2. The average Bonchev–Trinajstić information content (AvgIpc) is 3.38. The van der Waals surface area contributed by atoms with Gasteiger partial charge in [0.15, 0.2) is 18.0 Å². The summed E-state index contributed by atoms with van der Waals surface area (Å²) in [6.45, 7) is 7.20. The normalized spacial score (nSPS) is 43.0. The van der Waals surface area contributed by atoms with Crippen LogP contribution in [-0.4, -0.2) is 56.9 Å². The molecule has 2 heterocycles. The first kappa shape index (κ1) is 23.0. The third-order valence-electron chi connectivity index (χ3n) is 10.3. The second-order valence-corrected chi connectivity index (χ2v) is 11.9. The molecule has 35 heavy (non-hydrogen) atoms. The summed E-state index contributed by atoms with van der Waals surface area (Å²) in [7, 11) is 1.98. The van der Waals surface area contributed by atoms with E-state index in [-0.39, 0.29) is 41.7 Å². The number of aliphatic imine (C=N–C) groups is 1. The van der Waals surface area contributed by atoms with Crippen LogP contribution in [0.5, 0.6) is 0 Å². The van der Waals surface area contributed by atoms with Crippen LogP contribution in [0.2, 0.25) is 0 Å². The van der Waals surface area contributed by atoms with Crippen molar-refractivity contribution in [1.82, 2.24) is 9.78 Å². The van der Waals surface area contributed by atoms with E-state index in [1.165, 1.54) is 23.8 Å². The van der Waals surface area contributed by atoms with Crippen LogP contribution < -0.4 is 0 Å². The second kappa shape index (κ2) is 7.28. The molecular formula is C27H35N3O5. The second-order valence-electron chi connectivity index (χ2n) is 11.9. The Morgan fingerprint density at radius 3 is 2.86 bits per heavy atom. The maximum atomic E-state index is 13.7. The summed E-state index contributed by atoms with van der Waals surface area (Å²) in [6, 6.07) is 0. The molecule has 0 radical (unpaired) electrons. The molecule has 6 rings (SSSR count). The molecule has 1 N–H and O–H groups in total. The smallest absolute Gasteiger partial charge is 0.303 e. The van der Waals surface area contributed by atoms with E-state index in [1.807, 2.05) is 17.9 Å². The van der Waals surface area contributed by atoms with Crippen molar-refractivity contribution < 1.29 is 24.2 Å². The summed E-state index contributed by atoms with van der Waals surface area (Å²) in [5.41, 5.74) is 1.98. The van der Waals surface area contributed by atoms with Crippen LogP contribution in [0.15, 0.2) is 16.8 Å². The highest BCUT2D eigenvalue weighted by molar-refractivity contribution is 5.97. The maximum Gasteiger partial charge on any atom is 0.303 e. The minimum atomic E-state index is -1.12. The van der Waals surface area contributed by atoms with Crippen molar-refractivity contribution in [3.63, 3.8) is 0 Å². The first-order valence-electron chi connectivity index (χ1n) is 12.8. The van der Waals surface area contributed by atoms with Crippen LogP contribution >= 0.6 is 0 Å². The van der Waals surface area contributed by atoms with Crippen molar-refractivity contribution in [2.24, 2.45) is 40.6 Å². The molecule has 188 valence electrons. The lowest BCUT2D eigenvalue weighted by Crippen LogP contribution is -2.62. The van der Waals surface area contributed by atoms with Gasteiger partial charge in [0.2, 0.25) is 5.78 Å². The Morgan fingerprint density at radius 2 is 2.11 bits per heavy atom. The van der Waals surface area contributed by atoms with E-state index in [1.54, 1.807) is 6.92 Å². The van der Waals surface area contributed by atoms with Crippen molar-refractivity contribution in [2.75, 3.05) is 6.61 Å². The minimum Gasteiger partial charge on any atom is -0.475 e. The van der Waals surface area contributed by atoms with E-state index in [0.717, 1.165) is 25.7 Å². The number of carbonyl (C=O) groups excluding carboxylic acids is 2. The Balaban J connectivity index is 1.39. The maximum absolute atomic E-state index is 13.7. The number of aliphatic hydroxyl groups is 1. The molecule has 1 aromatic rings. The zero-order chi connectivity index (χ0) is 24.9. The molecular weight excluding hydrogens is 446 g/mol. The van der Waals surface area contributed by atoms with Gasteiger partial charge in [-0.25, -0.2) is 4.99 Å². The molecule has 8 heteroatoms. The summed E-state index contributed by atoms with van der Waals surface area (Å²) in [5.74, 6) is 0.337. The Morgan fingerprint density at radius 1 is 1.34 bits per heavy atom. The van der Waals surface area contributed by atoms with Gasteiger partial charge in [-0.1, -0.05) is 19.4 Å². The summed E-state index contributed by atoms with van der Waals surface area (Å²) in [5, 5.41) is 16.3. The molecule has 5 aliphatic rings. The van der Waals surface area contributed by atoms with E-state index in [2.05, 4.69) is 25.0 Å². The lowest BCUT2D eigenvalue weighted by molar-refractivity contribution is -0.156. The molecule has 1 aliphatic heterocycles. The molecule has 0 aromatic carbocycles. The number of hydrogen-bond donors (Lipinski definition) is 1. The highest BCUT2D eigenvalue weighted by Gasteiger charge is 2.74. The first-order valence-corrected chi connectivity index (χ1v) is 12.8. The molecule has 1 aromatic heterocycles. The highest BCUT2D eigenvalue weighted by atomic mass is 16.5. The molecule has 0 spiro atoms. The summed E-state index contributed by atoms with van der Waals surface area (Å²) in [4.78, 5) is 30.0. The van der Waals surface area contributed by atoms with E-state index >= 15 is 0 Å². The van der Waals surface area contributed by atoms with Gasteiger partial charge in [-0.3, -0.25) is 14.3 Å². The Bertz CT molecular complexity index is 1190. The quantitative estimate of drug-likeness (QED) is 0.666.